The van der Waals surface area contributed by atoms with E-state index in [1.54, 1.807) is 18.2 Å². The van der Waals surface area contributed by atoms with Crippen LogP contribution in [0, 0.1) is 0 Å². The number of carbonyl (C=O) groups excluding carboxylic acids is 1. The maximum Gasteiger partial charge on any atom is 0.333 e. The summed E-state index contributed by atoms with van der Waals surface area (Å²) in [6, 6.07) is 6.95. The fraction of sp³-hybridized carbons (Fsp3) is 0.389. The molecular weight excluding hydrogens is 386 g/mol. The molecule has 0 spiro atoms. The minimum Gasteiger partial charge on any atom is -0.479 e. The van der Waals surface area contributed by atoms with Crippen molar-refractivity contribution in [1.82, 2.24) is 15.5 Å². The molecule has 0 aliphatic heterocycles. The first-order valence-electron chi connectivity index (χ1n) is 8.25. The zero-order valence-corrected chi connectivity index (χ0v) is 15.5. The number of hydrogen-bond donors (Lipinski definition) is 3. The third-order valence-electron chi connectivity index (χ3n) is 4.69. The van der Waals surface area contributed by atoms with Crippen LogP contribution in [0.4, 0.5) is 0 Å². The average Bonchev–Trinajstić information content (AvgIpc) is 2.97. The summed E-state index contributed by atoms with van der Waals surface area (Å²) in [5.41, 5.74) is 1.93. The molecule has 1 aromatic carbocycles. The highest BCUT2D eigenvalue weighted by Crippen LogP contribution is 2.26. The number of carboxylic acids is 1. The van der Waals surface area contributed by atoms with Crippen molar-refractivity contribution in [3.63, 3.8) is 0 Å². The summed E-state index contributed by atoms with van der Waals surface area (Å²) in [5.74, 6) is -1.47. The van der Waals surface area contributed by atoms with Gasteiger partial charge in [0, 0.05) is 10.2 Å². The van der Waals surface area contributed by atoms with Gasteiger partial charge < -0.3 is 10.4 Å². The number of carboxylic acid groups (broad SMARTS) is 1. The number of aryl methyl sites for hydroxylation is 1. The lowest BCUT2D eigenvalue weighted by Gasteiger charge is -2.27. The van der Waals surface area contributed by atoms with Crippen molar-refractivity contribution in [2.45, 2.75) is 44.6 Å². The highest BCUT2D eigenvalue weighted by Gasteiger charge is 2.37. The summed E-state index contributed by atoms with van der Waals surface area (Å²) in [6.45, 7) is 1.50. The van der Waals surface area contributed by atoms with E-state index in [0.717, 1.165) is 41.4 Å². The lowest BCUT2D eigenvalue weighted by atomic mass is 9.91. The molecule has 6 nitrogen and oxygen atoms in total. The highest BCUT2D eigenvalue weighted by atomic mass is 79.9. The van der Waals surface area contributed by atoms with Crippen LogP contribution in [-0.4, -0.2) is 27.2 Å². The van der Waals surface area contributed by atoms with Gasteiger partial charge in [0.15, 0.2) is 5.54 Å². The van der Waals surface area contributed by atoms with Gasteiger partial charge in [0.1, 0.15) is 0 Å². The number of benzene rings is 1. The summed E-state index contributed by atoms with van der Waals surface area (Å²) >= 11 is 3.34. The predicted octanol–water partition coefficient (Wildman–Crippen LogP) is 2.71. The third kappa shape index (κ3) is 3.61. The van der Waals surface area contributed by atoms with Crippen molar-refractivity contribution in [3.05, 3.63) is 51.3 Å². The van der Waals surface area contributed by atoms with Gasteiger partial charge in [-0.05, 0) is 55.9 Å². The molecule has 0 saturated carbocycles. The quantitative estimate of drug-likeness (QED) is 0.712. The van der Waals surface area contributed by atoms with E-state index < -0.39 is 11.5 Å². The van der Waals surface area contributed by atoms with Gasteiger partial charge in [-0.25, -0.2) is 4.79 Å². The van der Waals surface area contributed by atoms with Gasteiger partial charge in [0.25, 0.3) is 0 Å². The summed E-state index contributed by atoms with van der Waals surface area (Å²) in [4.78, 5) is 24.4. The molecule has 3 N–H and O–H groups in total. The minimum atomic E-state index is -1.50. The van der Waals surface area contributed by atoms with Crippen molar-refractivity contribution in [3.8, 4) is 0 Å². The smallest absolute Gasteiger partial charge is 0.333 e. The van der Waals surface area contributed by atoms with Gasteiger partial charge in [-0.1, -0.05) is 28.1 Å². The van der Waals surface area contributed by atoms with E-state index in [9.17, 15) is 14.7 Å². The molecule has 2 aromatic rings. The maximum atomic E-state index is 12.5. The fourth-order valence-corrected chi connectivity index (χ4v) is 3.62. The van der Waals surface area contributed by atoms with E-state index in [-0.39, 0.29) is 12.3 Å². The molecule has 1 heterocycles. The standard InChI is InChI=1S/C18H20BrN3O3/c1-18(17(24)25,11-5-4-6-12(19)9-11)20-16(23)10-15-13-7-2-3-8-14(13)21-22-15/h4-6,9H,2-3,7-8,10H2,1H3,(H,20,23)(H,21,22)(H,24,25). The van der Waals surface area contributed by atoms with E-state index in [2.05, 4.69) is 31.4 Å². The normalized spacial score (nSPS) is 15.9. The van der Waals surface area contributed by atoms with Crippen LogP contribution in [0.15, 0.2) is 28.7 Å². The molecule has 7 heteroatoms. The number of H-pyrrole nitrogens is 1. The van der Waals surface area contributed by atoms with E-state index in [1.807, 2.05) is 6.07 Å². The first kappa shape index (κ1) is 17.7. The number of halogens is 1. The Labute approximate surface area is 154 Å². The molecule has 1 aliphatic carbocycles. The molecule has 25 heavy (non-hydrogen) atoms. The molecule has 3 rings (SSSR count). The van der Waals surface area contributed by atoms with Crippen LogP contribution in [0.2, 0.25) is 0 Å². The molecule has 1 unspecified atom stereocenters. The Morgan fingerprint density at radius 2 is 2.12 bits per heavy atom. The molecule has 0 saturated heterocycles. The number of nitrogens with zero attached hydrogens (tertiary/aromatic N) is 1. The molecule has 1 aliphatic rings. The Hall–Kier alpha value is -2.15. The molecule has 132 valence electrons. The third-order valence-corrected chi connectivity index (χ3v) is 5.18. The van der Waals surface area contributed by atoms with Crippen molar-refractivity contribution >= 4 is 27.8 Å². The second-order valence-corrected chi connectivity index (χ2v) is 7.42. The number of nitrogens with one attached hydrogen (secondary N) is 2. The van der Waals surface area contributed by atoms with Gasteiger partial charge in [-0.2, -0.15) is 5.10 Å². The van der Waals surface area contributed by atoms with E-state index in [4.69, 9.17) is 0 Å². The Bertz CT molecular complexity index is 818. The summed E-state index contributed by atoms with van der Waals surface area (Å²) < 4.78 is 0.757. The average molecular weight is 406 g/mol. The molecule has 1 aromatic heterocycles. The van der Waals surface area contributed by atoms with Crippen molar-refractivity contribution < 1.29 is 14.7 Å². The second kappa shape index (κ2) is 7.00. The number of aromatic nitrogens is 2. The first-order valence-corrected chi connectivity index (χ1v) is 9.05. The lowest BCUT2D eigenvalue weighted by molar-refractivity contribution is -0.147. The SMILES string of the molecule is CC(NC(=O)Cc1n[nH]c2c1CCCC2)(C(=O)O)c1cccc(Br)c1. The van der Waals surface area contributed by atoms with Crippen LogP contribution in [0.3, 0.4) is 0 Å². The zero-order chi connectivity index (χ0) is 18.0. The number of amides is 1. The number of aromatic amines is 1. The molecule has 1 amide bonds. The van der Waals surface area contributed by atoms with E-state index in [0.29, 0.717) is 11.3 Å². The van der Waals surface area contributed by atoms with Gasteiger partial charge in [0.2, 0.25) is 5.91 Å². The number of fused-ring (bicyclic) bond motifs is 1. The van der Waals surface area contributed by atoms with Crippen LogP contribution in [0.25, 0.3) is 0 Å². The largest absolute Gasteiger partial charge is 0.479 e. The Morgan fingerprint density at radius 3 is 2.84 bits per heavy atom. The maximum absolute atomic E-state index is 12.5. The Morgan fingerprint density at radius 1 is 1.36 bits per heavy atom. The van der Waals surface area contributed by atoms with Crippen LogP contribution in [0.1, 0.15) is 42.3 Å². The number of carbonyl (C=O) groups is 2. The van der Waals surface area contributed by atoms with Gasteiger partial charge in [0.05, 0.1) is 12.1 Å². The predicted molar refractivity (Wildman–Crippen MR) is 96.2 cm³/mol. The van der Waals surface area contributed by atoms with Crippen LogP contribution < -0.4 is 5.32 Å². The molecular formula is C18H20BrN3O3. The summed E-state index contributed by atoms with van der Waals surface area (Å²) in [5, 5.41) is 19.6. The van der Waals surface area contributed by atoms with Crippen molar-refractivity contribution in [2.24, 2.45) is 0 Å². The molecule has 0 fully saturated rings. The lowest BCUT2D eigenvalue weighted by Crippen LogP contribution is -2.50. The Balaban J connectivity index is 1.80. The topological polar surface area (TPSA) is 95.1 Å². The van der Waals surface area contributed by atoms with E-state index in [1.165, 1.54) is 6.92 Å². The van der Waals surface area contributed by atoms with Crippen LogP contribution in [0.5, 0.6) is 0 Å². The summed E-state index contributed by atoms with van der Waals surface area (Å²) in [6.07, 6.45) is 4.15. The minimum absolute atomic E-state index is 0.0721. The van der Waals surface area contributed by atoms with Gasteiger partial charge in [-0.15, -0.1) is 0 Å². The highest BCUT2D eigenvalue weighted by molar-refractivity contribution is 9.10. The number of rotatable bonds is 5. The number of aliphatic carboxylic acids is 1. The van der Waals surface area contributed by atoms with Crippen molar-refractivity contribution in [2.75, 3.05) is 0 Å². The molecule has 0 radical (unpaired) electrons. The molecule has 0 bridgehead atoms. The fourth-order valence-electron chi connectivity index (χ4n) is 3.22. The number of hydrogen-bond acceptors (Lipinski definition) is 3. The van der Waals surface area contributed by atoms with Gasteiger partial charge >= 0.3 is 5.97 Å². The van der Waals surface area contributed by atoms with Crippen LogP contribution >= 0.6 is 15.9 Å². The second-order valence-electron chi connectivity index (χ2n) is 6.50. The first-order chi connectivity index (χ1) is 11.9. The van der Waals surface area contributed by atoms with E-state index >= 15 is 0 Å². The molecule has 1 atom stereocenters. The summed E-state index contributed by atoms with van der Waals surface area (Å²) in [7, 11) is 0. The van der Waals surface area contributed by atoms with Crippen molar-refractivity contribution in [1.29, 1.82) is 0 Å². The van der Waals surface area contributed by atoms with Gasteiger partial charge in [-0.3, -0.25) is 9.89 Å². The monoisotopic (exact) mass is 405 g/mol. The van der Waals surface area contributed by atoms with Crippen LogP contribution in [-0.2, 0) is 34.4 Å². The zero-order valence-electron chi connectivity index (χ0n) is 13.9. The Kier molecular flexibility index (Phi) is 4.94.